The second-order valence-corrected chi connectivity index (χ2v) is 7.35. The number of benzene rings is 1. The predicted octanol–water partition coefficient (Wildman–Crippen LogP) is 1.25. The van der Waals surface area contributed by atoms with Gasteiger partial charge >= 0.3 is 23.8 Å². The number of anilines is 1. The average molecular weight is 513 g/mol. The third-order valence-electron chi connectivity index (χ3n) is 4.59. The van der Waals surface area contributed by atoms with Crippen LogP contribution in [-0.4, -0.2) is 62.4 Å². The number of amides is 1. The van der Waals surface area contributed by atoms with E-state index in [0.717, 1.165) is 18.4 Å². The third-order valence-corrected chi connectivity index (χ3v) is 4.59. The van der Waals surface area contributed by atoms with Crippen molar-refractivity contribution < 1.29 is 32.6 Å². The summed E-state index contributed by atoms with van der Waals surface area (Å²) < 4.78 is 38.7. The number of alkyl halides is 3. The molecule has 0 saturated heterocycles. The number of carbonyl (C=O) groups excluding carboxylic acids is 1. The van der Waals surface area contributed by atoms with Crippen LogP contribution in [0.1, 0.15) is 35.7 Å². The molecule has 0 aliphatic heterocycles. The molecule has 0 aliphatic carbocycles. The fraction of sp³-hybridized carbons (Fsp3) is 0.381. The number of rotatable bonds is 9. The molecule has 3 aromatic rings. The summed E-state index contributed by atoms with van der Waals surface area (Å²) in [6.45, 7) is 3.58. The first-order chi connectivity index (χ1) is 17.0. The van der Waals surface area contributed by atoms with Crippen LogP contribution < -0.4 is 27.2 Å². The Morgan fingerprint density at radius 2 is 1.86 bits per heavy atom. The molecule has 12 nitrogen and oxygen atoms in total. The Labute approximate surface area is 202 Å². The lowest BCUT2D eigenvalue weighted by Crippen LogP contribution is -2.28. The van der Waals surface area contributed by atoms with Crippen molar-refractivity contribution in [3.63, 3.8) is 0 Å². The molecule has 0 unspecified atom stereocenters. The Bertz CT molecular complexity index is 1240. The zero-order valence-corrected chi connectivity index (χ0v) is 19.3. The molecular weight excluding hydrogens is 487 g/mol. The number of hydrogen-bond donors (Lipinski definition) is 5. The first-order valence-corrected chi connectivity index (χ1v) is 10.7. The van der Waals surface area contributed by atoms with E-state index in [1.54, 1.807) is 24.3 Å². The summed E-state index contributed by atoms with van der Waals surface area (Å²) in [6.07, 6.45) is -3.24. The number of nitrogens with one attached hydrogen (secondary N) is 2. The molecule has 2 heterocycles. The Balaban J connectivity index is 0.000000572. The van der Waals surface area contributed by atoms with Gasteiger partial charge in [-0.1, -0.05) is 25.5 Å². The molecule has 0 spiro atoms. The Morgan fingerprint density at radius 3 is 2.42 bits per heavy atom. The summed E-state index contributed by atoms with van der Waals surface area (Å²) in [5.41, 5.74) is 13.1. The van der Waals surface area contributed by atoms with Crippen molar-refractivity contribution in [3.05, 3.63) is 45.9 Å². The maximum atomic E-state index is 12.4. The number of aromatic nitrogens is 4. The summed E-state index contributed by atoms with van der Waals surface area (Å²) in [6, 6.07) is 7.11. The summed E-state index contributed by atoms with van der Waals surface area (Å²) in [5, 5.41) is 9.84. The van der Waals surface area contributed by atoms with Crippen LogP contribution in [0.15, 0.2) is 29.1 Å². The van der Waals surface area contributed by atoms with Crippen LogP contribution >= 0.6 is 0 Å². The zero-order chi connectivity index (χ0) is 26.9. The van der Waals surface area contributed by atoms with Gasteiger partial charge in [0, 0.05) is 18.7 Å². The number of nitrogens with zero attached hydrogens (tertiary/aromatic N) is 3. The summed E-state index contributed by atoms with van der Waals surface area (Å²) >= 11 is 0. The number of hydrogen-bond acceptors (Lipinski definition) is 8. The van der Waals surface area contributed by atoms with Gasteiger partial charge < -0.3 is 31.6 Å². The summed E-state index contributed by atoms with van der Waals surface area (Å²) in [5.74, 6) is -2.79. The van der Waals surface area contributed by atoms with Crippen LogP contribution in [0.3, 0.4) is 0 Å². The molecule has 0 bridgehead atoms. The highest BCUT2D eigenvalue weighted by Crippen LogP contribution is 2.19. The second kappa shape index (κ2) is 12.5. The van der Waals surface area contributed by atoms with Crippen molar-refractivity contribution >= 4 is 28.9 Å². The molecule has 0 fully saturated rings. The van der Waals surface area contributed by atoms with E-state index in [-0.39, 0.29) is 30.0 Å². The van der Waals surface area contributed by atoms with Gasteiger partial charge in [-0.05, 0) is 24.1 Å². The maximum Gasteiger partial charge on any atom is 0.490 e. The van der Waals surface area contributed by atoms with E-state index in [1.165, 1.54) is 4.57 Å². The molecule has 0 aliphatic rings. The largest absolute Gasteiger partial charge is 0.490 e. The van der Waals surface area contributed by atoms with Gasteiger partial charge in [-0.2, -0.15) is 23.1 Å². The number of aromatic amines is 1. The lowest BCUT2D eigenvalue weighted by Gasteiger charge is -2.08. The van der Waals surface area contributed by atoms with Crippen LogP contribution in [0.4, 0.5) is 19.0 Å². The van der Waals surface area contributed by atoms with Gasteiger partial charge in [0.25, 0.3) is 5.91 Å². The van der Waals surface area contributed by atoms with E-state index >= 15 is 0 Å². The van der Waals surface area contributed by atoms with Gasteiger partial charge in [0.15, 0.2) is 11.5 Å². The maximum absolute atomic E-state index is 12.4. The molecule has 0 saturated carbocycles. The average Bonchev–Trinajstić information content (AvgIpc) is 3.13. The molecular formula is C21H26F3N7O5. The highest BCUT2D eigenvalue weighted by atomic mass is 19.4. The number of ether oxygens (including phenoxy) is 1. The smallest absolute Gasteiger partial charge is 0.475 e. The Kier molecular flexibility index (Phi) is 9.78. The van der Waals surface area contributed by atoms with Gasteiger partial charge in [0.2, 0.25) is 0 Å². The number of nitrogen functional groups attached to an aromatic ring is 1. The van der Waals surface area contributed by atoms with E-state index in [4.69, 9.17) is 26.1 Å². The number of carbonyl (C=O) groups is 2. The van der Waals surface area contributed by atoms with E-state index in [2.05, 4.69) is 27.2 Å². The highest BCUT2D eigenvalue weighted by Gasteiger charge is 2.38. The number of carboxylic acids is 1. The number of fused-ring (bicyclic) bond motifs is 1. The van der Waals surface area contributed by atoms with Gasteiger partial charge in [0.05, 0.1) is 13.2 Å². The fourth-order valence-electron chi connectivity index (χ4n) is 2.78. The van der Waals surface area contributed by atoms with Crippen molar-refractivity contribution in [1.82, 2.24) is 24.8 Å². The molecule has 1 aromatic carbocycles. The van der Waals surface area contributed by atoms with Crippen LogP contribution in [0.2, 0.25) is 0 Å². The van der Waals surface area contributed by atoms with E-state index in [0.29, 0.717) is 36.4 Å². The van der Waals surface area contributed by atoms with Crippen LogP contribution in [0.25, 0.3) is 11.2 Å². The quantitative estimate of drug-likeness (QED) is 0.262. The molecule has 0 radical (unpaired) electrons. The van der Waals surface area contributed by atoms with Crippen LogP contribution in [0, 0.1) is 0 Å². The molecule has 15 heteroatoms. The lowest BCUT2D eigenvalue weighted by molar-refractivity contribution is -0.192. The summed E-state index contributed by atoms with van der Waals surface area (Å²) in [4.78, 5) is 44.4. The van der Waals surface area contributed by atoms with Crippen LogP contribution in [0.5, 0.6) is 6.01 Å². The fourth-order valence-corrected chi connectivity index (χ4v) is 2.78. The first-order valence-electron chi connectivity index (χ1n) is 10.7. The van der Waals surface area contributed by atoms with Gasteiger partial charge in [-0.25, -0.2) is 9.59 Å². The molecule has 196 valence electrons. The SMILES string of the molecule is CCCCOc1nc(N)c2[nH]c(=O)n(Cc3ccc(C(=O)NCCN)cc3)c2n1.O=C(O)C(F)(F)F. The highest BCUT2D eigenvalue weighted by molar-refractivity contribution is 5.94. The van der Waals surface area contributed by atoms with Crippen molar-refractivity contribution in [3.8, 4) is 6.01 Å². The molecule has 1 amide bonds. The predicted molar refractivity (Wildman–Crippen MR) is 124 cm³/mol. The standard InChI is InChI=1S/C19H25N7O3.C2HF3O2/c1-2-3-10-29-18-24-15(21)14-16(25-18)26(19(28)23-14)11-12-4-6-13(7-5-12)17(27)22-9-8-20;3-2(4,5)1(6)7/h4-7H,2-3,8-11,20H2,1H3,(H,22,27)(H,23,28)(H2,21,24,25);(H,6,7). The zero-order valence-electron chi connectivity index (χ0n) is 19.3. The number of nitrogens with two attached hydrogens (primary N) is 2. The van der Waals surface area contributed by atoms with Crippen LogP contribution in [-0.2, 0) is 11.3 Å². The van der Waals surface area contributed by atoms with E-state index in [9.17, 15) is 22.8 Å². The minimum Gasteiger partial charge on any atom is -0.475 e. The third kappa shape index (κ3) is 7.69. The van der Waals surface area contributed by atoms with E-state index < -0.39 is 12.1 Å². The van der Waals surface area contributed by atoms with Gasteiger partial charge in [0.1, 0.15) is 5.52 Å². The molecule has 2 aromatic heterocycles. The molecule has 36 heavy (non-hydrogen) atoms. The molecule has 3 rings (SSSR count). The number of aliphatic carboxylic acids is 1. The van der Waals surface area contributed by atoms with Crippen molar-refractivity contribution in [1.29, 1.82) is 0 Å². The topological polar surface area (TPSA) is 191 Å². The minimum absolute atomic E-state index is 0.142. The van der Waals surface area contributed by atoms with Gasteiger partial charge in [-0.15, -0.1) is 0 Å². The Hall–Kier alpha value is -4.14. The second-order valence-electron chi connectivity index (χ2n) is 7.35. The van der Waals surface area contributed by atoms with Crippen molar-refractivity contribution in [2.45, 2.75) is 32.5 Å². The number of halogens is 3. The van der Waals surface area contributed by atoms with Gasteiger partial charge in [-0.3, -0.25) is 9.36 Å². The number of H-pyrrole nitrogens is 1. The monoisotopic (exact) mass is 513 g/mol. The molecule has 0 atom stereocenters. The van der Waals surface area contributed by atoms with Crippen molar-refractivity contribution in [2.75, 3.05) is 25.4 Å². The summed E-state index contributed by atoms with van der Waals surface area (Å²) in [7, 11) is 0. The lowest BCUT2D eigenvalue weighted by atomic mass is 10.1. The number of unbranched alkanes of at least 4 members (excludes halogenated alkanes) is 1. The molecule has 7 N–H and O–H groups in total. The minimum atomic E-state index is -5.08. The first kappa shape index (κ1) is 28.1. The number of imidazole rings is 1. The normalized spacial score (nSPS) is 11.0. The Morgan fingerprint density at radius 1 is 1.22 bits per heavy atom. The van der Waals surface area contributed by atoms with E-state index in [1.807, 2.05) is 0 Å². The van der Waals surface area contributed by atoms with Crippen molar-refractivity contribution in [2.24, 2.45) is 5.73 Å². The number of carboxylic acid groups (broad SMARTS) is 1.